The van der Waals surface area contributed by atoms with Crippen molar-refractivity contribution in [1.82, 2.24) is 4.40 Å². The zero-order valence-corrected chi connectivity index (χ0v) is 33.3. The average molecular weight is 785 g/mol. The van der Waals surface area contributed by atoms with Crippen LogP contribution in [0.5, 0.6) is 0 Å². The molecule has 12 rings (SSSR count). The number of fused-ring (bicyclic) bond motifs is 8. The highest BCUT2D eigenvalue weighted by atomic mass is 32.1. The summed E-state index contributed by atoms with van der Waals surface area (Å²) in [7, 11) is 0. The zero-order chi connectivity index (χ0) is 39.6. The van der Waals surface area contributed by atoms with Crippen LogP contribution in [0.1, 0.15) is 0 Å². The van der Waals surface area contributed by atoms with Crippen molar-refractivity contribution in [3.05, 3.63) is 218 Å². The molecule has 3 nitrogen and oxygen atoms in total. The first kappa shape index (κ1) is 34.4. The van der Waals surface area contributed by atoms with E-state index in [9.17, 15) is 0 Å². The second-order valence-corrected chi connectivity index (χ2v) is 16.4. The van der Waals surface area contributed by atoms with E-state index in [1.54, 1.807) is 0 Å². The first-order chi connectivity index (χ1) is 29.7. The number of oxazole rings is 1. The van der Waals surface area contributed by atoms with Gasteiger partial charge in [-0.2, -0.15) is 0 Å². The van der Waals surface area contributed by atoms with Gasteiger partial charge >= 0.3 is 0 Å². The van der Waals surface area contributed by atoms with Gasteiger partial charge in [0.15, 0.2) is 5.58 Å². The van der Waals surface area contributed by atoms with Gasteiger partial charge in [0.25, 0.3) is 0 Å². The molecule has 60 heavy (non-hydrogen) atoms. The van der Waals surface area contributed by atoms with Crippen LogP contribution in [0.3, 0.4) is 0 Å². The lowest BCUT2D eigenvalue weighted by atomic mass is 10.00. The van der Waals surface area contributed by atoms with Gasteiger partial charge in [-0.05, 0) is 93.5 Å². The third kappa shape index (κ3) is 5.65. The highest BCUT2D eigenvalue weighted by Gasteiger charge is 2.21. The van der Waals surface area contributed by atoms with Gasteiger partial charge in [-0.25, -0.2) is 0 Å². The maximum absolute atomic E-state index is 6.64. The fourth-order valence-corrected chi connectivity index (χ4v) is 10.1. The number of para-hydroxylation sites is 1. The average Bonchev–Trinajstić information content (AvgIpc) is 3.99. The van der Waals surface area contributed by atoms with Crippen LogP contribution in [0.15, 0.2) is 223 Å². The van der Waals surface area contributed by atoms with Gasteiger partial charge in [0, 0.05) is 32.2 Å². The Morgan fingerprint density at radius 2 is 0.900 bits per heavy atom. The Bertz CT molecular complexity index is 3510. The number of benzene rings is 9. The summed E-state index contributed by atoms with van der Waals surface area (Å²) in [6.45, 7) is 0. The fourth-order valence-electron chi connectivity index (χ4n) is 8.93. The molecule has 0 radical (unpaired) electrons. The topological polar surface area (TPSA) is 20.8 Å². The molecule has 0 aliphatic rings. The van der Waals surface area contributed by atoms with Crippen LogP contribution in [-0.4, -0.2) is 4.40 Å². The number of rotatable bonds is 7. The summed E-state index contributed by atoms with van der Waals surface area (Å²) in [5, 5.41) is 3.75. The molecule has 282 valence electrons. The molecule has 4 heteroatoms. The van der Waals surface area contributed by atoms with E-state index >= 15 is 0 Å². The Morgan fingerprint density at radius 1 is 0.383 bits per heavy atom. The Balaban J connectivity index is 0.949. The highest BCUT2D eigenvalue weighted by molar-refractivity contribution is 7.26. The Kier molecular flexibility index (Phi) is 8.03. The molecule has 0 saturated carbocycles. The number of hydrogen-bond donors (Lipinski definition) is 0. The molecule has 12 aromatic rings. The van der Waals surface area contributed by atoms with Crippen LogP contribution in [0.2, 0.25) is 0 Å². The molecular formula is C56H36N2OS. The first-order valence-electron chi connectivity index (χ1n) is 20.3. The van der Waals surface area contributed by atoms with E-state index in [4.69, 9.17) is 4.42 Å². The quantitative estimate of drug-likeness (QED) is 0.160. The standard InChI is InChI=1S/C56H36N2OS/c1-3-12-37(13-4-1)38-22-24-39(25-23-38)40-26-31-44(32-27-40)57(50-20-11-18-47-46-16-8-10-21-53(46)60-55(47)50)45-33-28-41(29-34-45)43-30-35-52-51(36-43)58-49-19-9-7-17-48(49)54(56(58)59-52)42-14-5-2-6-15-42/h1-36H. The lowest BCUT2D eigenvalue weighted by molar-refractivity contribution is 0.658. The molecule has 3 heterocycles. The van der Waals surface area contributed by atoms with Crippen molar-refractivity contribution in [1.29, 1.82) is 0 Å². The number of aromatic nitrogens is 1. The molecule has 0 spiro atoms. The predicted octanol–water partition coefficient (Wildman–Crippen LogP) is 16.3. The van der Waals surface area contributed by atoms with Crippen LogP contribution >= 0.6 is 11.3 Å². The second kappa shape index (κ2) is 14.0. The van der Waals surface area contributed by atoms with Crippen molar-refractivity contribution < 1.29 is 4.42 Å². The first-order valence-corrected chi connectivity index (χ1v) is 21.1. The molecule has 0 fully saturated rings. The van der Waals surface area contributed by atoms with Gasteiger partial charge in [-0.1, -0.05) is 164 Å². The summed E-state index contributed by atoms with van der Waals surface area (Å²) in [5.41, 5.74) is 16.7. The van der Waals surface area contributed by atoms with Gasteiger partial charge in [0.2, 0.25) is 5.71 Å². The van der Waals surface area contributed by atoms with E-state index in [-0.39, 0.29) is 0 Å². The van der Waals surface area contributed by atoms with E-state index in [1.807, 2.05) is 11.3 Å². The zero-order valence-electron chi connectivity index (χ0n) is 32.5. The van der Waals surface area contributed by atoms with Crippen LogP contribution in [0.4, 0.5) is 17.1 Å². The monoisotopic (exact) mass is 784 g/mol. The lowest BCUT2D eigenvalue weighted by Crippen LogP contribution is -2.10. The molecule has 0 aliphatic carbocycles. The van der Waals surface area contributed by atoms with E-state index in [2.05, 4.69) is 228 Å². The molecule has 0 saturated heterocycles. The number of thiophene rings is 1. The van der Waals surface area contributed by atoms with Crippen molar-refractivity contribution in [3.8, 4) is 44.5 Å². The van der Waals surface area contributed by atoms with Gasteiger partial charge < -0.3 is 9.32 Å². The van der Waals surface area contributed by atoms with Crippen molar-refractivity contribution >= 4 is 76.3 Å². The minimum atomic E-state index is 0.867. The number of hydrogen-bond acceptors (Lipinski definition) is 3. The van der Waals surface area contributed by atoms with Gasteiger partial charge in [0.05, 0.1) is 27.0 Å². The van der Waals surface area contributed by atoms with Crippen molar-refractivity contribution in [2.24, 2.45) is 0 Å². The SMILES string of the molecule is c1ccc(-c2ccc(-c3ccc(N(c4ccc(-c5ccc6oc7c(-c8ccccc8)c8ccccc8n7c6c5)cc4)c4cccc5c4sc4ccccc45)cc3)cc2)cc1. The van der Waals surface area contributed by atoms with E-state index in [1.165, 1.54) is 47.8 Å². The summed E-state index contributed by atoms with van der Waals surface area (Å²) in [4.78, 5) is 2.41. The molecule has 0 amide bonds. The lowest BCUT2D eigenvalue weighted by Gasteiger charge is -2.26. The maximum atomic E-state index is 6.64. The van der Waals surface area contributed by atoms with Gasteiger partial charge in [-0.15, -0.1) is 11.3 Å². The van der Waals surface area contributed by atoms with E-state index in [0.29, 0.717) is 0 Å². The largest absolute Gasteiger partial charge is 0.438 e. The number of anilines is 3. The van der Waals surface area contributed by atoms with Crippen LogP contribution in [-0.2, 0) is 0 Å². The summed E-state index contributed by atoms with van der Waals surface area (Å²) in [6, 6.07) is 78.5. The Labute approximate surface area is 351 Å². The summed E-state index contributed by atoms with van der Waals surface area (Å²) in [5.74, 6) is 0. The van der Waals surface area contributed by atoms with E-state index < -0.39 is 0 Å². The molecule has 0 N–H and O–H groups in total. The highest BCUT2D eigenvalue weighted by Crippen LogP contribution is 2.46. The van der Waals surface area contributed by atoms with Crippen molar-refractivity contribution in [2.45, 2.75) is 0 Å². The van der Waals surface area contributed by atoms with Gasteiger partial charge in [-0.3, -0.25) is 4.40 Å². The Hall–Kier alpha value is -7.66. The summed E-state index contributed by atoms with van der Waals surface area (Å²) >= 11 is 1.86. The predicted molar refractivity (Wildman–Crippen MR) is 254 cm³/mol. The molecule has 0 unspecified atom stereocenters. The molecule has 0 bridgehead atoms. The minimum Gasteiger partial charge on any atom is -0.438 e. The summed E-state index contributed by atoms with van der Waals surface area (Å²) in [6.07, 6.45) is 0. The van der Waals surface area contributed by atoms with Crippen LogP contribution in [0, 0.1) is 0 Å². The van der Waals surface area contributed by atoms with Crippen molar-refractivity contribution in [2.75, 3.05) is 4.90 Å². The van der Waals surface area contributed by atoms with Crippen LogP contribution in [0.25, 0.3) is 92.4 Å². The third-order valence-corrected chi connectivity index (χ3v) is 13.0. The summed E-state index contributed by atoms with van der Waals surface area (Å²) < 4.78 is 11.5. The molecule has 0 aliphatic heterocycles. The van der Waals surface area contributed by atoms with Crippen molar-refractivity contribution in [3.63, 3.8) is 0 Å². The fraction of sp³-hybridized carbons (Fsp3) is 0. The normalized spacial score (nSPS) is 11.7. The van der Waals surface area contributed by atoms with Gasteiger partial charge in [0.1, 0.15) is 0 Å². The molecule has 9 aromatic carbocycles. The van der Waals surface area contributed by atoms with E-state index in [0.717, 1.165) is 61.6 Å². The molecule has 3 aromatic heterocycles. The third-order valence-electron chi connectivity index (χ3n) is 11.8. The smallest absolute Gasteiger partial charge is 0.213 e. The van der Waals surface area contributed by atoms with Crippen LogP contribution < -0.4 is 4.90 Å². The minimum absolute atomic E-state index is 0.867. The number of nitrogens with zero attached hydrogens (tertiary/aromatic N) is 2. The molecular weight excluding hydrogens is 749 g/mol. The second-order valence-electron chi connectivity index (χ2n) is 15.3. The molecule has 0 atom stereocenters. The maximum Gasteiger partial charge on any atom is 0.213 e. The Morgan fingerprint density at radius 3 is 1.58 bits per heavy atom.